The number of hydrogen-bond donors (Lipinski definition) is 1. The third-order valence-electron chi connectivity index (χ3n) is 7.51. The number of carbonyl (C=O) groups excluding carboxylic acids is 2. The van der Waals surface area contributed by atoms with Crippen molar-refractivity contribution < 1.29 is 28.3 Å². The third-order valence-corrected chi connectivity index (χ3v) is 7.51. The molecule has 228 valence electrons. The molecule has 11 nitrogen and oxygen atoms in total. The van der Waals surface area contributed by atoms with E-state index in [4.69, 9.17) is 18.7 Å². The van der Waals surface area contributed by atoms with Crippen molar-refractivity contribution in [2.45, 2.75) is 78.7 Å². The Morgan fingerprint density at radius 2 is 1.83 bits per heavy atom. The molecule has 11 heteroatoms. The van der Waals surface area contributed by atoms with Crippen molar-refractivity contribution in [1.29, 1.82) is 0 Å². The van der Waals surface area contributed by atoms with Crippen LogP contribution in [-0.4, -0.2) is 70.1 Å². The Morgan fingerprint density at radius 3 is 2.45 bits per heavy atom. The van der Waals surface area contributed by atoms with E-state index in [2.05, 4.69) is 15.5 Å². The molecule has 0 aliphatic carbocycles. The zero-order valence-electron chi connectivity index (χ0n) is 25.4. The van der Waals surface area contributed by atoms with E-state index in [0.717, 1.165) is 23.5 Å². The Kier molecular flexibility index (Phi) is 10.8. The van der Waals surface area contributed by atoms with Gasteiger partial charge in [-0.1, -0.05) is 26.0 Å². The topological polar surface area (TPSA) is 121 Å². The smallest absolute Gasteiger partial charge is 0.254 e. The van der Waals surface area contributed by atoms with Crippen molar-refractivity contribution in [2.24, 2.45) is 5.92 Å². The molecule has 3 aromatic rings. The highest BCUT2D eigenvalue weighted by atomic mass is 16.7. The Morgan fingerprint density at radius 1 is 1.12 bits per heavy atom. The Labute approximate surface area is 247 Å². The molecule has 1 saturated heterocycles. The van der Waals surface area contributed by atoms with Crippen LogP contribution in [0, 0.1) is 12.8 Å². The average molecular weight is 582 g/mol. The maximum atomic E-state index is 13.9. The van der Waals surface area contributed by atoms with Gasteiger partial charge in [0.25, 0.3) is 5.88 Å². The number of benzene rings is 1. The van der Waals surface area contributed by atoms with E-state index < -0.39 is 18.2 Å². The van der Waals surface area contributed by atoms with Gasteiger partial charge in [-0.15, -0.1) is 0 Å². The van der Waals surface area contributed by atoms with Crippen molar-refractivity contribution in [3.63, 3.8) is 0 Å². The number of imidazole rings is 1. The number of amides is 2. The fourth-order valence-electron chi connectivity index (χ4n) is 5.34. The van der Waals surface area contributed by atoms with E-state index in [1.54, 1.807) is 17.2 Å². The molecule has 0 radical (unpaired) electrons. The minimum atomic E-state index is -0.602. The van der Waals surface area contributed by atoms with Gasteiger partial charge in [0, 0.05) is 43.9 Å². The van der Waals surface area contributed by atoms with E-state index in [9.17, 15) is 9.59 Å². The van der Waals surface area contributed by atoms with Crippen LogP contribution in [0.2, 0.25) is 0 Å². The van der Waals surface area contributed by atoms with E-state index in [1.165, 1.54) is 0 Å². The number of ether oxygens (including phenoxy) is 3. The quantitative estimate of drug-likeness (QED) is 0.275. The number of nitrogens with zero attached hydrogens (tertiary/aromatic N) is 4. The van der Waals surface area contributed by atoms with Crippen LogP contribution in [0.1, 0.15) is 76.6 Å². The Bertz CT molecular complexity index is 1300. The van der Waals surface area contributed by atoms with Crippen LogP contribution < -0.4 is 10.1 Å². The van der Waals surface area contributed by atoms with Crippen molar-refractivity contribution >= 4 is 11.8 Å². The summed E-state index contributed by atoms with van der Waals surface area (Å²) in [7, 11) is 0. The summed E-state index contributed by atoms with van der Waals surface area (Å²) in [5.41, 5.74) is 1.98. The molecule has 0 spiro atoms. The van der Waals surface area contributed by atoms with E-state index in [0.29, 0.717) is 31.9 Å². The third kappa shape index (κ3) is 7.38. The Hall–Kier alpha value is -3.70. The van der Waals surface area contributed by atoms with Gasteiger partial charge in [0.15, 0.2) is 12.1 Å². The summed E-state index contributed by atoms with van der Waals surface area (Å²) < 4.78 is 24.3. The summed E-state index contributed by atoms with van der Waals surface area (Å²) in [6.07, 6.45) is 4.52. The van der Waals surface area contributed by atoms with Gasteiger partial charge in [-0.05, 0) is 69.3 Å². The SMILES string of the molecule is CCOC(COc1cc([C@H](C(=O)N2CCC[C@H]2C(=O)N[C@@H](C)c2ccc(-n3ccnc3C)cc2)C(C)C)on1)OCC. The molecule has 0 saturated carbocycles. The maximum absolute atomic E-state index is 13.9. The second-order valence-electron chi connectivity index (χ2n) is 10.8. The first-order valence-corrected chi connectivity index (χ1v) is 14.8. The monoisotopic (exact) mass is 581 g/mol. The summed E-state index contributed by atoms with van der Waals surface area (Å²) >= 11 is 0. The molecule has 3 heterocycles. The fourth-order valence-corrected chi connectivity index (χ4v) is 5.34. The van der Waals surface area contributed by atoms with Gasteiger partial charge in [-0.3, -0.25) is 9.59 Å². The van der Waals surface area contributed by atoms with Gasteiger partial charge in [0.1, 0.15) is 24.4 Å². The number of likely N-dealkylation sites (tertiary alicyclic amines) is 1. The van der Waals surface area contributed by atoms with Gasteiger partial charge < -0.3 is 33.5 Å². The fraction of sp³-hybridized carbons (Fsp3) is 0.548. The number of rotatable bonds is 14. The molecule has 2 amide bonds. The van der Waals surface area contributed by atoms with Crippen LogP contribution in [0.5, 0.6) is 5.88 Å². The van der Waals surface area contributed by atoms with Crippen LogP contribution in [0.4, 0.5) is 0 Å². The summed E-state index contributed by atoms with van der Waals surface area (Å²) in [6.45, 7) is 13.2. The second-order valence-corrected chi connectivity index (χ2v) is 10.8. The molecule has 1 aromatic carbocycles. The zero-order valence-corrected chi connectivity index (χ0v) is 25.4. The predicted molar refractivity (Wildman–Crippen MR) is 156 cm³/mol. The lowest BCUT2D eigenvalue weighted by Crippen LogP contribution is -2.48. The standard InChI is InChI=1S/C31H43N5O6/c1-7-39-28(40-8-2)19-41-27-18-26(42-34-27)29(20(3)4)31(38)36-16-9-10-25(36)30(37)33-21(5)23-11-13-24(14-12-23)35-17-15-32-22(35)6/h11-15,17-18,20-21,25,28-29H,7-10,16,19H2,1-6H3,(H,33,37)/t21-,25-,29+/m0/s1. The minimum Gasteiger partial charge on any atom is -0.470 e. The van der Waals surface area contributed by atoms with Gasteiger partial charge in [-0.25, -0.2) is 4.98 Å². The van der Waals surface area contributed by atoms with Crippen LogP contribution in [0.3, 0.4) is 0 Å². The first-order valence-electron chi connectivity index (χ1n) is 14.8. The highest BCUT2D eigenvalue weighted by Crippen LogP contribution is 2.32. The number of aromatic nitrogens is 3. The lowest BCUT2D eigenvalue weighted by atomic mass is 9.91. The summed E-state index contributed by atoms with van der Waals surface area (Å²) in [6, 6.07) is 8.88. The van der Waals surface area contributed by atoms with Gasteiger partial charge >= 0.3 is 0 Å². The summed E-state index contributed by atoms with van der Waals surface area (Å²) in [4.78, 5) is 33.2. The molecule has 0 bridgehead atoms. The zero-order chi connectivity index (χ0) is 30.2. The molecule has 4 rings (SSSR count). The van der Waals surface area contributed by atoms with Crippen molar-refractivity contribution in [3.8, 4) is 11.6 Å². The highest BCUT2D eigenvalue weighted by molar-refractivity contribution is 5.91. The van der Waals surface area contributed by atoms with E-state index >= 15 is 0 Å². The molecule has 1 fully saturated rings. The van der Waals surface area contributed by atoms with Gasteiger partial charge in [-0.2, -0.15) is 0 Å². The maximum Gasteiger partial charge on any atom is 0.254 e. The van der Waals surface area contributed by atoms with Crippen molar-refractivity contribution in [2.75, 3.05) is 26.4 Å². The molecule has 1 N–H and O–H groups in total. The average Bonchev–Trinajstić information content (AvgIpc) is 3.73. The molecule has 1 aliphatic rings. The van der Waals surface area contributed by atoms with Crippen LogP contribution in [0.15, 0.2) is 47.2 Å². The summed E-state index contributed by atoms with van der Waals surface area (Å²) in [5.74, 6) is 0.562. The summed E-state index contributed by atoms with van der Waals surface area (Å²) in [5, 5.41) is 7.13. The van der Waals surface area contributed by atoms with Gasteiger partial charge in [0.05, 0.1) is 6.04 Å². The van der Waals surface area contributed by atoms with Crippen molar-refractivity contribution in [3.05, 3.63) is 59.9 Å². The molecule has 2 aromatic heterocycles. The Balaban J connectivity index is 1.40. The molecular weight excluding hydrogens is 538 g/mol. The van der Waals surface area contributed by atoms with E-state index in [-0.39, 0.29) is 36.3 Å². The molecule has 3 atom stereocenters. The first kappa shape index (κ1) is 31.2. The molecule has 42 heavy (non-hydrogen) atoms. The minimum absolute atomic E-state index is 0.0845. The first-order chi connectivity index (χ1) is 20.2. The van der Waals surface area contributed by atoms with Crippen LogP contribution >= 0.6 is 0 Å². The molecular formula is C31H43N5O6. The number of aryl methyl sites for hydroxylation is 1. The number of hydrogen-bond acceptors (Lipinski definition) is 8. The van der Waals surface area contributed by atoms with Crippen LogP contribution in [-0.2, 0) is 19.1 Å². The number of nitrogens with one attached hydrogen (secondary N) is 1. The normalized spacial score (nSPS) is 16.7. The van der Waals surface area contributed by atoms with Crippen molar-refractivity contribution in [1.82, 2.24) is 24.9 Å². The van der Waals surface area contributed by atoms with Crippen LogP contribution in [0.25, 0.3) is 5.69 Å². The predicted octanol–water partition coefficient (Wildman–Crippen LogP) is 4.55. The highest BCUT2D eigenvalue weighted by Gasteiger charge is 2.40. The van der Waals surface area contributed by atoms with Gasteiger partial charge in [0.2, 0.25) is 11.8 Å². The lowest BCUT2D eigenvalue weighted by molar-refractivity contribution is -0.153. The lowest BCUT2D eigenvalue weighted by Gasteiger charge is -2.29. The molecule has 1 aliphatic heterocycles. The second kappa shape index (κ2) is 14.5. The largest absolute Gasteiger partial charge is 0.470 e. The van der Waals surface area contributed by atoms with E-state index in [1.807, 2.05) is 76.6 Å². The molecule has 0 unspecified atom stereocenters. The number of carbonyl (C=O) groups is 2.